The number of nitrogens with one attached hydrogen (secondary N) is 1. The van der Waals surface area contributed by atoms with Crippen LogP contribution in [0.3, 0.4) is 0 Å². The minimum Gasteiger partial charge on any atom is -0.478 e. The van der Waals surface area contributed by atoms with Gasteiger partial charge in [0.15, 0.2) is 0 Å². The number of aromatic carboxylic acids is 1. The molecule has 0 unspecified atom stereocenters. The zero-order valence-electron chi connectivity index (χ0n) is 9.51. The second-order valence-electron chi connectivity index (χ2n) is 3.10. The average molecular weight is 249 g/mol. The van der Waals surface area contributed by atoms with Crippen LogP contribution in [0.5, 0.6) is 0 Å². The van der Waals surface area contributed by atoms with Crippen molar-refractivity contribution in [1.82, 2.24) is 0 Å². The van der Waals surface area contributed by atoms with Crippen LogP contribution in [0, 0.1) is 0 Å². The normalized spacial score (nSPS) is 10.2. The summed E-state index contributed by atoms with van der Waals surface area (Å²) in [5.74, 6) is -0.896. The molecule has 0 aliphatic rings. The van der Waals surface area contributed by atoms with Crippen molar-refractivity contribution in [2.45, 2.75) is 19.5 Å². The van der Waals surface area contributed by atoms with Crippen LogP contribution >= 0.6 is 0 Å². The second kappa shape index (κ2) is 6.78. The van der Waals surface area contributed by atoms with Crippen molar-refractivity contribution in [2.24, 2.45) is 0 Å². The van der Waals surface area contributed by atoms with Crippen molar-refractivity contribution >= 4 is 11.7 Å². The lowest BCUT2D eigenvalue weighted by Crippen LogP contribution is -2.02. The summed E-state index contributed by atoms with van der Waals surface area (Å²) in [6, 6.07) is 6.58. The van der Waals surface area contributed by atoms with E-state index in [1.807, 2.05) is 0 Å². The van der Waals surface area contributed by atoms with Gasteiger partial charge in [-0.1, -0.05) is 6.92 Å². The first-order valence-electron chi connectivity index (χ1n) is 4.88. The maximum Gasteiger partial charge on any atom is 0.388 e. The monoisotopic (exact) mass is 249 g/mol. The Hall–Kier alpha value is -1.72. The molecule has 0 radical (unpaired) electrons. The zero-order valence-corrected chi connectivity index (χ0v) is 9.51. The van der Waals surface area contributed by atoms with E-state index in [0.717, 1.165) is 12.6 Å². The third kappa shape index (κ3) is 7.21. The number of halogens is 3. The van der Waals surface area contributed by atoms with Gasteiger partial charge in [-0.3, -0.25) is 0 Å². The first-order chi connectivity index (χ1) is 7.80. The molecule has 1 rings (SSSR count). The van der Waals surface area contributed by atoms with Crippen LogP contribution in [0.1, 0.15) is 23.7 Å². The molecular weight excluding hydrogens is 235 g/mol. The molecule has 0 bridgehead atoms. The van der Waals surface area contributed by atoms with E-state index >= 15 is 0 Å². The lowest BCUT2D eigenvalue weighted by Gasteiger charge is -1.98. The van der Waals surface area contributed by atoms with Crippen LogP contribution in [0.25, 0.3) is 0 Å². The van der Waals surface area contributed by atoms with E-state index in [2.05, 4.69) is 5.32 Å². The molecule has 0 atom stereocenters. The number of rotatable bonds is 2. The average Bonchev–Trinajstić information content (AvgIpc) is 2.29. The molecule has 0 saturated heterocycles. The Kier molecular flexibility index (Phi) is 6.09. The van der Waals surface area contributed by atoms with Crippen LogP contribution in [0.2, 0.25) is 0 Å². The molecule has 0 fully saturated rings. The van der Waals surface area contributed by atoms with Gasteiger partial charge in [-0.15, -0.1) is 0 Å². The molecule has 1 aromatic carbocycles. The van der Waals surface area contributed by atoms with E-state index < -0.39 is 18.6 Å². The molecule has 3 nitrogen and oxygen atoms in total. The lowest BCUT2D eigenvalue weighted by atomic mass is 10.2. The van der Waals surface area contributed by atoms with Gasteiger partial charge in [0.05, 0.1) is 5.56 Å². The first-order valence-corrected chi connectivity index (χ1v) is 4.88. The highest BCUT2D eigenvalue weighted by Gasteiger charge is 2.22. The van der Waals surface area contributed by atoms with Crippen LogP contribution in [0.4, 0.5) is 18.9 Å². The fourth-order valence-electron chi connectivity index (χ4n) is 0.779. The number of carbonyl (C=O) groups is 1. The number of anilines is 1. The van der Waals surface area contributed by atoms with Crippen LogP contribution in [-0.4, -0.2) is 24.3 Å². The number of benzene rings is 1. The third-order valence-electron chi connectivity index (χ3n) is 1.82. The van der Waals surface area contributed by atoms with E-state index in [0.29, 0.717) is 5.56 Å². The topological polar surface area (TPSA) is 49.3 Å². The van der Waals surface area contributed by atoms with Crippen LogP contribution in [0.15, 0.2) is 24.3 Å². The predicted molar refractivity (Wildman–Crippen MR) is 59.3 cm³/mol. The Bertz CT molecular complexity index is 347. The largest absolute Gasteiger partial charge is 0.478 e. The van der Waals surface area contributed by atoms with Gasteiger partial charge in [0, 0.05) is 19.2 Å². The molecular formula is C11H14F3NO2. The van der Waals surface area contributed by atoms with E-state index in [9.17, 15) is 18.0 Å². The standard InChI is InChI=1S/C8H9NO2.C3H5F3/c1-9-7-4-2-6(3-5-7)8(10)11;1-2-3(4,5)6/h2-5,9H,1H3,(H,10,11);2H2,1H3. The van der Waals surface area contributed by atoms with Gasteiger partial charge in [-0.2, -0.15) is 13.2 Å². The molecule has 0 saturated carbocycles. The highest BCUT2D eigenvalue weighted by Crippen LogP contribution is 2.17. The number of hydrogen-bond acceptors (Lipinski definition) is 2. The Balaban J connectivity index is 0.000000366. The van der Waals surface area contributed by atoms with Gasteiger partial charge in [0.2, 0.25) is 0 Å². The molecule has 0 aliphatic heterocycles. The highest BCUT2D eigenvalue weighted by atomic mass is 19.4. The number of hydrogen-bond donors (Lipinski definition) is 2. The van der Waals surface area contributed by atoms with Gasteiger partial charge in [-0.05, 0) is 24.3 Å². The molecule has 0 spiro atoms. The molecule has 0 amide bonds. The minimum atomic E-state index is -3.96. The number of carboxylic acids is 1. The van der Waals surface area contributed by atoms with E-state index in [1.54, 1.807) is 31.3 Å². The summed E-state index contributed by atoms with van der Waals surface area (Å²) in [4.78, 5) is 10.4. The van der Waals surface area contributed by atoms with Gasteiger partial charge in [-0.25, -0.2) is 4.79 Å². The van der Waals surface area contributed by atoms with Gasteiger partial charge < -0.3 is 10.4 Å². The van der Waals surface area contributed by atoms with Crippen molar-refractivity contribution < 1.29 is 23.1 Å². The SMILES string of the molecule is CCC(F)(F)F.CNc1ccc(C(=O)O)cc1. The Labute approximate surface area is 97.3 Å². The number of alkyl halides is 3. The fraction of sp³-hybridized carbons (Fsp3) is 0.364. The van der Waals surface area contributed by atoms with Crippen molar-refractivity contribution in [1.29, 1.82) is 0 Å². The van der Waals surface area contributed by atoms with Gasteiger partial charge in [0.25, 0.3) is 0 Å². The molecule has 2 N–H and O–H groups in total. The van der Waals surface area contributed by atoms with E-state index in [-0.39, 0.29) is 0 Å². The summed E-state index contributed by atoms with van der Waals surface area (Å²) >= 11 is 0. The van der Waals surface area contributed by atoms with E-state index in [1.165, 1.54) is 0 Å². The molecule has 0 heterocycles. The fourth-order valence-corrected chi connectivity index (χ4v) is 0.779. The molecule has 96 valence electrons. The number of carboxylic acid groups (broad SMARTS) is 1. The minimum absolute atomic E-state index is 0.309. The highest BCUT2D eigenvalue weighted by molar-refractivity contribution is 5.87. The summed E-state index contributed by atoms with van der Waals surface area (Å²) in [5, 5.41) is 11.4. The zero-order chi connectivity index (χ0) is 13.5. The summed E-state index contributed by atoms with van der Waals surface area (Å²) in [6.45, 7) is 1.08. The summed E-state index contributed by atoms with van der Waals surface area (Å²) in [6.07, 6.45) is -4.69. The van der Waals surface area contributed by atoms with Crippen molar-refractivity contribution in [3.8, 4) is 0 Å². The molecule has 6 heteroatoms. The molecule has 0 aliphatic carbocycles. The predicted octanol–water partition coefficient (Wildman–Crippen LogP) is 3.39. The van der Waals surface area contributed by atoms with Crippen molar-refractivity contribution in [3.63, 3.8) is 0 Å². The maximum absolute atomic E-state index is 10.8. The van der Waals surface area contributed by atoms with E-state index in [4.69, 9.17) is 5.11 Å². The molecule has 1 aromatic rings. The smallest absolute Gasteiger partial charge is 0.388 e. The Morgan fingerprint density at radius 2 is 1.71 bits per heavy atom. The maximum atomic E-state index is 10.8. The third-order valence-corrected chi connectivity index (χ3v) is 1.82. The quantitative estimate of drug-likeness (QED) is 0.844. The van der Waals surface area contributed by atoms with Crippen molar-refractivity contribution in [3.05, 3.63) is 29.8 Å². The lowest BCUT2D eigenvalue weighted by molar-refractivity contribution is -0.130. The first kappa shape index (κ1) is 15.3. The Morgan fingerprint density at radius 3 is 1.94 bits per heavy atom. The summed E-state index contributed by atoms with van der Waals surface area (Å²) < 4.78 is 32.4. The summed E-state index contributed by atoms with van der Waals surface area (Å²) in [5.41, 5.74) is 1.22. The van der Waals surface area contributed by atoms with Gasteiger partial charge in [0.1, 0.15) is 0 Å². The van der Waals surface area contributed by atoms with Gasteiger partial charge >= 0.3 is 12.1 Å². The second-order valence-corrected chi connectivity index (χ2v) is 3.10. The van der Waals surface area contributed by atoms with Crippen LogP contribution < -0.4 is 5.32 Å². The van der Waals surface area contributed by atoms with Crippen LogP contribution in [-0.2, 0) is 0 Å². The molecule has 0 aromatic heterocycles. The summed E-state index contributed by atoms with van der Waals surface area (Å²) in [7, 11) is 1.79. The molecule has 17 heavy (non-hydrogen) atoms. The Morgan fingerprint density at radius 1 is 1.29 bits per heavy atom. The van der Waals surface area contributed by atoms with Crippen molar-refractivity contribution in [2.75, 3.05) is 12.4 Å².